The standard InChI is InChI=1S/C22H20F4N4O3S/c1-12-16(22(24,25)26)11-28-20(33-17-8-9-18(23)29-13(17)2)19(12)21(31)30(3)14-6-5-7-15(10-14)34(4,27)32/h5-11,27H,1-4H3/t34-/m1/s1. The molecule has 0 bridgehead atoms. The van der Waals surface area contributed by atoms with E-state index in [1.165, 1.54) is 50.6 Å². The number of nitrogens with one attached hydrogen (secondary N) is 1. The van der Waals surface area contributed by atoms with Gasteiger partial charge in [-0.3, -0.25) is 4.79 Å². The molecular formula is C22H20F4N4O3S. The number of benzene rings is 1. The summed E-state index contributed by atoms with van der Waals surface area (Å²) in [5.74, 6) is -2.08. The first-order chi connectivity index (χ1) is 15.7. The highest BCUT2D eigenvalue weighted by atomic mass is 32.2. The molecule has 3 rings (SSSR count). The topological polar surface area (TPSA) is 96.2 Å². The predicted molar refractivity (Wildman–Crippen MR) is 117 cm³/mol. The fraction of sp³-hybridized carbons (Fsp3) is 0.227. The zero-order chi connectivity index (χ0) is 25.4. The van der Waals surface area contributed by atoms with Gasteiger partial charge in [-0.15, -0.1) is 0 Å². The Morgan fingerprint density at radius 3 is 2.44 bits per heavy atom. The maximum Gasteiger partial charge on any atom is 0.418 e. The molecule has 180 valence electrons. The molecule has 0 aliphatic carbocycles. The lowest BCUT2D eigenvalue weighted by Crippen LogP contribution is -2.28. The lowest BCUT2D eigenvalue weighted by Gasteiger charge is -2.22. The number of halogens is 4. The number of anilines is 1. The quantitative estimate of drug-likeness (QED) is 0.379. The summed E-state index contributed by atoms with van der Waals surface area (Å²) in [4.78, 5) is 21.9. The first-order valence-corrected chi connectivity index (χ1v) is 11.7. The smallest absolute Gasteiger partial charge is 0.418 e. The number of hydrogen-bond donors (Lipinski definition) is 1. The van der Waals surface area contributed by atoms with E-state index in [1.807, 2.05) is 0 Å². The molecule has 12 heteroatoms. The van der Waals surface area contributed by atoms with E-state index in [0.717, 1.165) is 17.9 Å². The van der Waals surface area contributed by atoms with Crippen molar-refractivity contribution in [3.05, 3.63) is 70.9 Å². The van der Waals surface area contributed by atoms with E-state index in [2.05, 4.69) is 9.97 Å². The van der Waals surface area contributed by atoms with Crippen molar-refractivity contribution in [3.63, 3.8) is 0 Å². The molecule has 0 saturated heterocycles. The van der Waals surface area contributed by atoms with E-state index in [1.54, 1.807) is 0 Å². The van der Waals surface area contributed by atoms with Crippen LogP contribution in [0.5, 0.6) is 11.6 Å². The summed E-state index contributed by atoms with van der Waals surface area (Å²) in [7, 11) is -1.79. The van der Waals surface area contributed by atoms with Crippen LogP contribution in [0.1, 0.15) is 27.2 Å². The van der Waals surface area contributed by atoms with Crippen LogP contribution in [-0.2, 0) is 15.9 Å². The average molecular weight is 496 g/mol. The highest BCUT2D eigenvalue weighted by Gasteiger charge is 2.37. The number of carbonyl (C=O) groups excluding carboxylic acids is 1. The van der Waals surface area contributed by atoms with Crippen LogP contribution >= 0.6 is 0 Å². The Kier molecular flexibility index (Phi) is 6.65. The van der Waals surface area contributed by atoms with Crippen LogP contribution in [0, 0.1) is 24.6 Å². The maximum absolute atomic E-state index is 13.6. The van der Waals surface area contributed by atoms with Crippen molar-refractivity contribution in [2.75, 3.05) is 18.2 Å². The summed E-state index contributed by atoms with van der Waals surface area (Å²) >= 11 is 0. The van der Waals surface area contributed by atoms with Gasteiger partial charge in [0, 0.05) is 30.1 Å². The van der Waals surface area contributed by atoms with Gasteiger partial charge >= 0.3 is 6.18 Å². The van der Waals surface area contributed by atoms with Crippen LogP contribution in [0.25, 0.3) is 0 Å². The molecule has 0 radical (unpaired) electrons. The molecule has 0 saturated carbocycles. The number of pyridine rings is 2. The summed E-state index contributed by atoms with van der Waals surface area (Å²) in [6.45, 7) is 2.55. The number of nitrogens with zero attached hydrogens (tertiary/aromatic N) is 3. The molecule has 1 atom stereocenters. The third-order valence-electron chi connectivity index (χ3n) is 4.99. The number of rotatable bonds is 5. The van der Waals surface area contributed by atoms with Gasteiger partial charge in [0.2, 0.25) is 11.8 Å². The number of aryl methyl sites for hydroxylation is 1. The molecule has 2 aromatic heterocycles. The first-order valence-electron chi connectivity index (χ1n) is 9.70. The summed E-state index contributed by atoms with van der Waals surface area (Å²) in [6.07, 6.45) is -3.02. The lowest BCUT2D eigenvalue weighted by atomic mass is 10.0. The van der Waals surface area contributed by atoms with Crippen molar-refractivity contribution in [1.82, 2.24) is 9.97 Å². The summed E-state index contributed by atoms with van der Waals surface area (Å²) in [5, 5.41) is 0. The van der Waals surface area contributed by atoms with Crippen LogP contribution in [0.15, 0.2) is 47.5 Å². The Balaban J connectivity index is 2.14. The normalized spacial score (nSPS) is 13.3. The van der Waals surface area contributed by atoms with Crippen molar-refractivity contribution in [1.29, 1.82) is 4.78 Å². The van der Waals surface area contributed by atoms with Crippen LogP contribution in [-0.4, -0.2) is 33.4 Å². The van der Waals surface area contributed by atoms with Crippen molar-refractivity contribution in [3.8, 4) is 11.6 Å². The minimum absolute atomic E-state index is 0.00619. The number of ether oxygens (including phenoxy) is 1. The van der Waals surface area contributed by atoms with E-state index >= 15 is 0 Å². The minimum atomic E-state index is -4.78. The van der Waals surface area contributed by atoms with E-state index in [0.29, 0.717) is 6.20 Å². The number of alkyl halides is 3. The third kappa shape index (κ3) is 5.16. The van der Waals surface area contributed by atoms with Gasteiger partial charge < -0.3 is 9.64 Å². The molecule has 1 amide bonds. The largest absolute Gasteiger partial charge is 0.436 e. The average Bonchev–Trinajstić information content (AvgIpc) is 2.73. The molecule has 0 spiro atoms. The Labute approximate surface area is 193 Å². The van der Waals surface area contributed by atoms with Crippen LogP contribution in [0.3, 0.4) is 0 Å². The molecule has 2 heterocycles. The Bertz CT molecular complexity index is 1380. The second-order valence-corrected chi connectivity index (χ2v) is 9.66. The number of carbonyl (C=O) groups is 1. The Hall–Kier alpha value is -3.54. The minimum Gasteiger partial charge on any atom is -0.436 e. The molecule has 34 heavy (non-hydrogen) atoms. The van der Waals surface area contributed by atoms with Crippen molar-refractivity contribution < 1.29 is 31.3 Å². The lowest BCUT2D eigenvalue weighted by molar-refractivity contribution is -0.138. The summed E-state index contributed by atoms with van der Waals surface area (Å²) in [6, 6.07) is 7.98. The van der Waals surface area contributed by atoms with E-state index in [9.17, 15) is 26.6 Å². The zero-order valence-corrected chi connectivity index (χ0v) is 19.3. The number of amides is 1. The van der Waals surface area contributed by atoms with E-state index in [-0.39, 0.29) is 22.0 Å². The summed E-state index contributed by atoms with van der Waals surface area (Å²) in [5.41, 5.74) is -1.70. The molecule has 7 nitrogen and oxygen atoms in total. The second kappa shape index (κ2) is 9.01. The third-order valence-corrected chi connectivity index (χ3v) is 6.15. The van der Waals surface area contributed by atoms with Gasteiger partial charge in [-0.1, -0.05) is 6.07 Å². The van der Waals surface area contributed by atoms with Gasteiger partial charge in [0.25, 0.3) is 5.91 Å². The SMILES string of the molecule is Cc1nc(F)ccc1Oc1ncc(C(F)(F)F)c(C)c1C(=O)N(C)c1cccc([S@](C)(=N)=O)c1. The fourth-order valence-electron chi connectivity index (χ4n) is 3.14. The number of aromatic nitrogens is 2. The fourth-order valence-corrected chi connectivity index (χ4v) is 3.83. The van der Waals surface area contributed by atoms with Gasteiger partial charge in [-0.25, -0.2) is 19.0 Å². The van der Waals surface area contributed by atoms with Crippen molar-refractivity contribution in [2.45, 2.75) is 24.9 Å². The van der Waals surface area contributed by atoms with Crippen LogP contribution in [0.4, 0.5) is 23.2 Å². The highest BCUT2D eigenvalue weighted by molar-refractivity contribution is 7.91. The van der Waals surface area contributed by atoms with E-state index in [4.69, 9.17) is 9.52 Å². The Morgan fingerprint density at radius 2 is 1.85 bits per heavy atom. The molecule has 1 aromatic carbocycles. The molecule has 0 fully saturated rings. The molecule has 0 aliphatic heterocycles. The van der Waals surface area contributed by atoms with E-state index < -0.39 is 50.3 Å². The van der Waals surface area contributed by atoms with Crippen molar-refractivity contribution in [2.24, 2.45) is 0 Å². The monoisotopic (exact) mass is 496 g/mol. The van der Waals surface area contributed by atoms with Crippen LogP contribution in [0.2, 0.25) is 0 Å². The predicted octanol–water partition coefficient (Wildman–Crippen LogP) is 5.36. The van der Waals surface area contributed by atoms with Gasteiger partial charge in [-0.05, 0) is 49.7 Å². The van der Waals surface area contributed by atoms with Gasteiger partial charge in [0.05, 0.1) is 21.0 Å². The molecule has 3 aromatic rings. The maximum atomic E-state index is 13.6. The molecule has 1 N–H and O–H groups in total. The first kappa shape index (κ1) is 25.1. The summed E-state index contributed by atoms with van der Waals surface area (Å²) < 4.78 is 79.5. The van der Waals surface area contributed by atoms with Gasteiger partial charge in [0.1, 0.15) is 5.56 Å². The van der Waals surface area contributed by atoms with Gasteiger partial charge in [-0.2, -0.15) is 17.6 Å². The second-order valence-electron chi connectivity index (χ2n) is 7.50. The number of hydrogen-bond acceptors (Lipinski definition) is 6. The molecular weight excluding hydrogens is 476 g/mol. The zero-order valence-electron chi connectivity index (χ0n) is 18.5. The highest BCUT2D eigenvalue weighted by Crippen LogP contribution is 2.37. The van der Waals surface area contributed by atoms with Crippen LogP contribution < -0.4 is 9.64 Å². The van der Waals surface area contributed by atoms with Gasteiger partial charge in [0.15, 0.2) is 5.75 Å². The van der Waals surface area contributed by atoms with Crippen molar-refractivity contribution >= 4 is 21.3 Å². The Morgan fingerprint density at radius 1 is 1.18 bits per heavy atom. The molecule has 0 unspecified atom stereocenters. The molecule has 0 aliphatic rings.